The minimum Gasteiger partial charge on any atom is -0.374 e. The molecule has 0 bridgehead atoms. The van der Waals surface area contributed by atoms with Gasteiger partial charge in [0, 0.05) is 12.2 Å². The second-order valence-corrected chi connectivity index (χ2v) is 3.77. The van der Waals surface area contributed by atoms with Crippen LogP contribution >= 0.6 is 0 Å². The molecule has 0 radical (unpaired) electrons. The number of anilines is 1. The van der Waals surface area contributed by atoms with Crippen LogP contribution in [0.15, 0.2) is 24.3 Å². The number of hydrogen-bond donors (Lipinski definition) is 2. The van der Waals surface area contributed by atoms with Crippen LogP contribution in [-0.2, 0) is 11.2 Å². The predicted octanol–water partition coefficient (Wildman–Crippen LogP) is 2.19. The molecule has 0 heterocycles. The minimum absolute atomic E-state index is 0.0356. The van der Waals surface area contributed by atoms with Crippen molar-refractivity contribution in [2.75, 3.05) is 11.9 Å². The Balaban J connectivity index is 2.68. The van der Waals surface area contributed by atoms with E-state index in [0.29, 0.717) is 6.54 Å². The van der Waals surface area contributed by atoms with Crippen LogP contribution in [0.3, 0.4) is 0 Å². The van der Waals surface area contributed by atoms with Crippen molar-refractivity contribution in [3.8, 4) is 0 Å². The maximum atomic E-state index is 11.6. The van der Waals surface area contributed by atoms with Crippen molar-refractivity contribution in [1.29, 1.82) is 0 Å². The molecule has 88 valence electrons. The van der Waals surface area contributed by atoms with Crippen LogP contribution in [0.2, 0.25) is 0 Å². The average Bonchev–Trinajstić information content (AvgIpc) is 2.30. The maximum absolute atomic E-state index is 11.6. The number of amides is 1. The summed E-state index contributed by atoms with van der Waals surface area (Å²) in [6, 6.07) is 7.88. The second-order valence-electron chi connectivity index (χ2n) is 3.77. The van der Waals surface area contributed by atoms with E-state index in [-0.39, 0.29) is 11.9 Å². The van der Waals surface area contributed by atoms with Gasteiger partial charge in [-0.1, -0.05) is 25.1 Å². The molecule has 1 rings (SSSR count). The molecule has 1 aromatic rings. The lowest BCUT2D eigenvalue weighted by atomic mass is 10.1. The van der Waals surface area contributed by atoms with Crippen LogP contribution < -0.4 is 10.6 Å². The van der Waals surface area contributed by atoms with E-state index < -0.39 is 0 Å². The Bertz CT molecular complexity index is 350. The third kappa shape index (κ3) is 3.26. The fourth-order valence-electron chi connectivity index (χ4n) is 1.60. The van der Waals surface area contributed by atoms with E-state index in [1.165, 1.54) is 5.56 Å². The summed E-state index contributed by atoms with van der Waals surface area (Å²) in [5, 5.41) is 6.04. The highest BCUT2D eigenvalue weighted by atomic mass is 16.2. The highest BCUT2D eigenvalue weighted by Crippen LogP contribution is 2.16. The fraction of sp³-hybridized carbons (Fsp3) is 0.462. The van der Waals surface area contributed by atoms with E-state index in [4.69, 9.17) is 0 Å². The van der Waals surface area contributed by atoms with Crippen molar-refractivity contribution >= 4 is 11.6 Å². The van der Waals surface area contributed by atoms with Gasteiger partial charge in [0.15, 0.2) is 0 Å². The molecule has 1 amide bonds. The summed E-state index contributed by atoms with van der Waals surface area (Å²) in [5.74, 6) is 0.0356. The first kappa shape index (κ1) is 12.6. The molecule has 0 spiro atoms. The Morgan fingerprint density at radius 3 is 2.62 bits per heavy atom. The van der Waals surface area contributed by atoms with Gasteiger partial charge in [0.05, 0.1) is 0 Å². The van der Waals surface area contributed by atoms with E-state index in [2.05, 4.69) is 23.6 Å². The molecule has 0 aliphatic carbocycles. The summed E-state index contributed by atoms with van der Waals surface area (Å²) in [6.45, 7) is 6.57. The number of benzene rings is 1. The molecule has 0 saturated carbocycles. The Hall–Kier alpha value is -1.51. The first-order valence-corrected chi connectivity index (χ1v) is 5.81. The first-order valence-electron chi connectivity index (χ1n) is 5.81. The van der Waals surface area contributed by atoms with Gasteiger partial charge < -0.3 is 10.6 Å². The van der Waals surface area contributed by atoms with Crippen molar-refractivity contribution in [2.24, 2.45) is 0 Å². The van der Waals surface area contributed by atoms with Crippen LogP contribution in [0.1, 0.15) is 26.3 Å². The van der Waals surface area contributed by atoms with Gasteiger partial charge in [-0.25, -0.2) is 0 Å². The van der Waals surface area contributed by atoms with E-state index in [9.17, 15) is 4.79 Å². The summed E-state index contributed by atoms with van der Waals surface area (Å²) in [7, 11) is 0. The lowest BCUT2D eigenvalue weighted by Gasteiger charge is -2.16. The molecule has 1 atom stereocenters. The Kier molecular flexibility index (Phi) is 4.83. The first-order chi connectivity index (χ1) is 7.69. The largest absolute Gasteiger partial charge is 0.374 e. The second kappa shape index (κ2) is 6.16. The molecule has 1 aromatic carbocycles. The van der Waals surface area contributed by atoms with Gasteiger partial charge in [0.25, 0.3) is 0 Å². The van der Waals surface area contributed by atoms with Crippen LogP contribution in [0.5, 0.6) is 0 Å². The van der Waals surface area contributed by atoms with E-state index in [1.54, 1.807) is 0 Å². The standard InChI is InChI=1S/C13H20N2O/c1-4-11-8-6-7-9-12(11)15-10(3)13(16)14-5-2/h6-10,15H,4-5H2,1-3H3,(H,14,16). The van der Waals surface area contributed by atoms with Crippen molar-refractivity contribution in [3.63, 3.8) is 0 Å². The van der Waals surface area contributed by atoms with Gasteiger partial charge in [-0.05, 0) is 31.9 Å². The monoisotopic (exact) mass is 220 g/mol. The maximum Gasteiger partial charge on any atom is 0.242 e. The summed E-state index contributed by atoms with van der Waals surface area (Å²) in [5.41, 5.74) is 2.28. The Morgan fingerprint density at radius 2 is 2.00 bits per heavy atom. The number of carbonyl (C=O) groups is 1. The van der Waals surface area contributed by atoms with Crippen LogP contribution in [0, 0.1) is 0 Å². The normalized spacial score (nSPS) is 11.9. The number of aryl methyl sites for hydroxylation is 1. The molecule has 1 unspecified atom stereocenters. The molecule has 0 aliphatic rings. The topological polar surface area (TPSA) is 41.1 Å². The number of nitrogens with one attached hydrogen (secondary N) is 2. The average molecular weight is 220 g/mol. The SMILES string of the molecule is CCNC(=O)C(C)Nc1ccccc1CC. The number of rotatable bonds is 5. The van der Waals surface area contributed by atoms with E-state index >= 15 is 0 Å². The van der Waals surface area contributed by atoms with Crippen molar-refractivity contribution in [1.82, 2.24) is 5.32 Å². The van der Waals surface area contributed by atoms with Gasteiger partial charge in [0.2, 0.25) is 5.91 Å². The molecule has 3 heteroatoms. The number of para-hydroxylation sites is 1. The van der Waals surface area contributed by atoms with Gasteiger partial charge in [0.1, 0.15) is 6.04 Å². The van der Waals surface area contributed by atoms with Gasteiger partial charge in [-0.3, -0.25) is 4.79 Å². The summed E-state index contributed by atoms with van der Waals surface area (Å²) in [6.07, 6.45) is 0.964. The van der Waals surface area contributed by atoms with Gasteiger partial charge in [-0.15, -0.1) is 0 Å². The molecule has 0 fully saturated rings. The molecular formula is C13H20N2O. The van der Waals surface area contributed by atoms with Crippen LogP contribution in [-0.4, -0.2) is 18.5 Å². The number of carbonyl (C=O) groups excluding carboxylic acids is 1. The summed E-state index contributed by atoms with van der Waals surface area (Å²) >= 11 is 0. The molecule has 2 N–H and O–H groups in total. The lowest BCUT2D eigenvalue weighted by molar-refractivity contribution is -0.121. The zero-order valence-electron chi connectivity index (χ0n) is 10.2. The van der Waals surface area contributed by atoms with Gasteiger partial charge in [-0.2, -0.15) is 0 Å². The smallest absolute Gasteiger partial charge is 0.242 e. The van der Waals surface area contributed by atoms with Crippen molar-refractivity contribution < 1.29 is 4.79 Å². The third-order valence-electron chi connectivity index (χ3n) is 2.51. The summed E-state index contributed by atoms with van der Waals surface area (Å²) < 4.78 is 0. The quantitative estimate of drug-likeness (QED) is 0.798. The fourth-order valence-corrected chi connectivity index (χ4v) is 1.60. The van der Waals surface area contributed by atoms with Gasteiger partial charge >= 0.3 is 0 Å². The highest BCUT2D eigenvalue weighted by Gasteiger charge is 2.12. The number of likely N-dealkylation sites (N-methyl/N-ethyl adjacent to an activating group) is 1. The molecule has 0 saturated heterocycles. The molecule has 0 aromatic heterocycles. The lowest BCUT2D eigenvalue weighted by Crippen LogP contribution is -2.37. The van der Waals surface area contributed by atoms with Crippen LogP contribution in [0.25, 0.3) is 0 Å². The summed E-state index contributed by atoms with van der Waals surface area (Å²) in [4.78, 5) is 11.6. The Labute approximate surface area is 97.2 Å². The third-order valence-corrected chi connectivity index (χ3v) is 2.51. The van der Waals surface area contributed by atoms with E-state index in [0.717, 1.165) is 12.1 Å². The van der Waals surface area contributed by atoms with Crippen molar-refractivity contribution in [3.05, 3.63) is 29.8 Å². The molecule has 16 heavy (non-hydrogen) atoms. The highest BCUT2D eigenvalue weighted by molar-refractivity contribution is 5.84. The number of hydrogen-bond acceptors (Lipinski definition) is 2. The van der Waals surface area contributed by atoms with E-state index in [1.807, 2.05) is 32.0 Å². The predicted molar refractivity (Wildman–Crippen MR) is 67.6 cm³/mol. The molecular weight excluding hydrogens is 200 g/mol. The molecule has 0 aliphatic heterocycles. The molecule has 3 nitrogen and oxygen atoms in total. The zero-order chi connectivity index (χ0) is 12.0. The van der Waals surface area contributed by atoms with Crippen LogP contribution in [0.4, 0.5) is 5.69 Å². The van der Waals surface area contributed by atoms with Crippen molar-refractivity contribution in [2.45, 2.75) is 33.2 Å². The Morgan fingerprint density at radius 1 is 1.31 bits per heavy atom. The minimum atomic E-state index is -0.201. The zero-order valence-corrected chi connectivity index (χ0v) is 10.2.